The van der Waals surface area contributed by atoms with E-state index in [-0.39, 0.29) is 0 Å². The van der Waals surface area contributed by atoms with Crippen molar-refractivity contribution in [3.63, 3.8) is 0 Å². The minimum atomic E-state index is 0.322. The van der Waals surface area contributed by atoms with Crippen LogP contribution in [0.3, 0.4) is 0 Å². The Balaban J connectivity index is 1.46. The maximum Gasteiger partial charge on any atom is 0.0991 e. The molecule has 0 radical (unpaired) electrons. The molecule has 3 aromatic rings. The van der Waals surface area contributed by atoms with E-state index in [1.165, 1.54) is 16.8 Å². The molecule has 0 saturated heterocycles. The van der Waals surface area contributed by atoms with Crippen molar-refractivity contribution in [1.82, 2.24) is 15.1 Å². The summed E-state index contributed by atoms with van der Waals surface area (Å²) in [5.41, 5.74) is 7.96. The lowest BCUT2D eigenvalue weighted by Crippen LogP contribution is -2.25. The quantitative estimate of drug-likeness (QED) is 0.532. The van der Waals surface area contributed by atoms with Gasteiger partial charge in [0.2, 0.25) is 0 Å². The smallest absolute Gasteiger partial charge is 0.0991 e. The van der Waals surface area contributed by atoms with E-state index in [1.807, 2.05) is 18.2 Å². The van der Waals surface area contributed by atoms with Crippen molar-refractivity contribution < 1.29 is 0 Å². The first kappa shape index (κ1) is 21.1. The largest absolute Gasteiger partial charge is 0.306 e. The van der Waals surface area contributed by atoms with Crippen LogP contribution >= 0.6 is 0 Å². The first-order valence-corrected chi connectivity index (χ1v) is 11.0. The zero-order valence-corrected chi connectivity index (χ0v) is 18.8. The molecule has 4 rings (SSSR count). The molecule has 1 N–H and O–H groups in total. The molecule has 0 bridgehead atoms. The van der Waals surface area contributed by atoms with Gasteiger partial charge in [-0.25, -0.2) is 4.68 Å². The van der Waals surface area contributed by atoms with Crippen LogP contribution < -0.4 is 5.32 Å². The SMILES string of the molecule is Cc1nn(-c2ccc(C(C)C)cc2)c(C)c1[C@@H]1C=C[C@@H](NCc2cccc(C#N)c2)C1. The average Bonchev–Trinajstić information content (AvgIpc) is 3.36. The summed E-state index contributed by atoms with van der Waals surface area (Å²) in [5.74, 6) is 0.895. The van der Waals surface area contributed by atoms with Crippen LogP contribution in [0.4, 0.5) is 0 Å². The molecule has 31 heavy (non-hydrogen) atoms. The molecule has 2 aromatic carbocycles. The summed E-state index contributed by atoms with van der Waals surface area (Å²) in [7, 11) is 0. The number of nitriles is 1. The minimum Gasteiger partial charge on any atom is -0.306 e. The van der Waals surface area contributed by atoms with Crippen molar-refractivity contribution in [3.8, 4) is 11.8 Å². The highest BCUT2D eigenvalue weighted by Gasteiger charge is 2.26. The Morgan fingerprint density at radius 3 is 2.61 bits per heavy atom. The lowest BCUT2D eigenvalue weighted by Gasteiger charge is -2.15. The van der Waals surface area contributed by atoms with Gasteiger partial charge in [0.1, 0.15) is 0 Å². The van der Waals surface area contributed by atoms with E-state index in [0.717, 1.165) is 29.9 Å². The highest BCUT2D eigenvalue weighted by Crippen LogP contribution is 2.34. The van der Waals surface area contributed by atoms with Crippen LogP contribution in [0.25, 0.3) is 5.69 Å². The van der Waals surface area contributed by atoms with Gasteiger partial charge in [-0.05, 0) is 61.6 Å². The van der Waals surface area contributed by atoms with Crippen LogP contribution in [0.1, 0.15) is 65.7 Å². The second-order valence-corrected chi connectivity index (χ2v) is 8.77. The number of hydrogen-bond donors (Lipinski definition) is 1. The molecule has 1 aliphatic rings. The Kier molecular flexibility index (Phi) is 6.06. The fourth-order valence-electron chi connectivity index (χ4n) is 4.51. The summed E-state index contributed by atoms with van der Waals surface area (Å²) in [6.45, 7) is 9.48. The molecule has 0 amide bonds. The number of rotatable bonds is 6. The zero-order chi connectivity index (χ0) is 22.0. The van der Waals surface area contributed by atoms with Gasteiger partial charge in [0.05, 0.1) is 23.0 Å². The Labute approximate surface area is 185 Å². The molecule has 4 nitrogen and oxygen atoms in total. The van der Waals surface area contributed by atoms with Gasteiger partial charge in [0.25, 0.3) is 0 Å². The molecule has 2 atom stereocenters. The molecular weight excluding hydrogens is 380 g/mol. The highest BCUT2D eigenvalue weighted by molar-refractivity contribution is 5.42. The zero-order valence-electron chi connectivity index (χ0n) is 18.8. The third-order valence-corrected chi connectivity index (χ3v) is 6.23. The fraction of sp³-hybridized carbons (Fsp3) is 0.333. The lowest BCUT2D eigenvalue weighted by atomic mass is 9.95. The second-order valence-electron chi connectivity index (χ2n) is 8.77. The third-order valence-electron chi connectivity index (χ3n) is 6.23. The van der Waals surface area contributed by atoms with Crippen LogP contribution in [-0.2, 0) is 6.54 Å². The highest BCUT2D eigenvalue weighted by atomic mass is 15.3. The normalized spacial score (nSPS) is 17.9. The summed E-state index contributed by atoms with van der Waals surface area (Å²) in [6, 6.07) is 19.1. The van der Waals surface area contributed by atoms with Crippen LogP contribution in [0.15, 0.2) is 60.7 Å². The Morgan fingerprint density at radius 1 is 1.13 bits per heavy atom. The molecule has 0 fully saturated rings. The number of aromatic nitrogens is 2. The topological polar surface area (TPSA) is 53.6 Å². The number of hydrogen-bond acceptors (Lipinski definition) is 3. The van der Waals surface area contributed by atoms with E-state index in [1.54, 1.807) is 0 Å². The van der Waals surface area contributed by atoms with E-state index >= 15 is 0 Å². The summed E-state index contributed by atoms with van der Waals surface area (Å²) >= 11 is 0. The van der Waals surface area contributed by atoms with E-state index in [9.17, 15) is 0 Å². The van der Waals surface area contributed by atoms with Crippen molar-refractivity contribution in [2.75, 3.05) is 0 Å². The molecule has 0 spiro atoms. The predicted molar refractivity (Wildman–Crippen MR) is 125 cm³/mol. The van der Waals surface area contributed by atoms with Crippen LogP contribution in [0, 0.1) is 25.2 Å². The fourth-order valence-corrected chi connectivity index (χ4v) is 4.51. The number of nitrogens with one attached hydrogen (secondary N) is 1. The molecular formula is C27H30N4. The first-order chi connectivity index (χ1) is 15.0. The Hall–Kier alpha value is -3.16. The van der Waals surface area contributed by atoms with Crippen LogP contribution in [0.2, 0.25) is 0 Å². The monoisotopic (exact) mass is 410 g/mol. The first-order valence-electron chi connectivity index (χ1n) is 11.0. The molecule has 4 heteroatoms. The molecule has 1 heterocycles. The summed E-state index contributed by atoms with van der Waals surface area (Å²) in [4.78, 5) is 0. The molecule has 1 aliphatic carbocycles. The second kappa shape index (κ2) is 8.91. The third kappa shape index (κ3) is 4.47. The van der Waals surface area contributed by atoms with Crippen molar-refractivity contribution in [1.29, 1.82) is 5.26 Å². The van der Waals surface area contributed by atoms with Gasteiger partial charge in [-0.3, -0.25) is 0 Å². The number of nitrogens with zero attached hydrogens (tertiary/aromatic N) is 3. The van der Waals surface area contributed by atoms with Gasteiger partial charge in [-0.15, -0.1) is 0 Å². The van der Waals surface area contributed by atoms with E-state index < -0.39 is 0 Å². The summed E-state index contributed by atoms with van der Waals surface area (Å²) in [6.07, 6.45) is 5.61. The van der Waals surface area contributed by atoms with Crippen molar-refractivity contribution in [2.45, 2.75) is 58.5 Å². The van der Waals surface area contributed by atoms with Gasteiger partial charge >= 0.3 is 0 Å². The van der Waals surface area contributed by atoms with Gasteiger partial charge in [0.15, 0.2) is 0 Å². The maximum atomic E-state index is 9.09. The summed E-state index contributed by atoms with van der Waals surface area (Å²) < 4.78 is 2.08. The van der Waals surface area contributed by atoms with E-state index in [0.29, 0.717) is 23.4 Å². The molecule has 0 unspecified atom stereocenters. The van der Waals surface area contributed by atoms with Gasteiger partial charge in [-0.2, -0.15) is 10.4 Å². The molecule has 158 valence electrons. The number of aryl methyl sites for hydroxylation is 1. The average molecular weight is 411 g/mol. The Bertz CT molecular complexity index is 1130. The number of allylic oxidation sites excluding steroid dienone is 1. The van der Waals surface area contributed by atoms with Crippen molar-refractivity contribution in [3.05, 3.63) is 94.3 Å². The molecule has 0 aliphatic heterocycles. The van der Waals surface area contributed by atoms with Crippen molar-refractivity contribution >= 4 is 0 Å². The molecule has 1 aromatic heterocycles. The van der Waals surface area contributed by atoms with Gasteiger partial charge in [-0.1, -0.05) is 50.3 Å². The minimum absolute atomic E-state index is 0.322. The standard InChI is InChI=1S/C27H30N4/c1-18(2)23-9-12-26(13-10-23)31-20(4)27(19(3)30-31)24-8-11-25(15-24)29-17-22-7-5-6-21(14-22)16-28/h5-14,18,24-25,29H,15,17H2,1-4H3/t24-,25-/m1/s1. The van der Waals surface area contributed by atoms with Crippen LogP contribution in [-0.4, -0.2) is 15.8 Å². The van der Waals surface area contributed by atoms with Crippen LogP contribution in [0.5, 0.6) is 0 Å². The predicted octanol–water partition coefficient (Wildman–Crippen LogP) is 5.69. The van der Waals surface area contributed by atoms with E-state index in [4.69, 9.17) is 10.4 Å². The Morgan fingerprint density at radius 2 is 1.90 bits per heavy atom. The van der Waals surface area contributed by atoms with Gasteiger partial charge < -0.3 is 5.32 Å². The number of benzene rings is 2. The summed E-state index contributed by atoms with van der Waals surface area (Å²) in [5, 5.41) is 17.6. The van der Waals surface area contributed by atoms with E-state index in [2.05, 4.69) is 86.2 Å². The maximum absolute atomic E-state index is 9.09. The lowest BCUT2D eigenvalue weighted by molar-refractivity contribution is 0.559. The van der Waals surface area contributed by atoms with Crippen molar-refractivity contribution in [2.24, 2.45) is 0 Å². The van der Waals surface area contributed by atoms with Gasteiger partial charge in [0, 0.05) is 29.8 Å². The molecule has 0 saturated carbocycles.